The third-order valence-electron chi connectivity index (χ3n) is 4.46. The Labute approximate surface area is 135 Å². The molecule has 0 aromatic heterocycles. The van der Waals surface area contributed by atoms with Crippen LogP contribution in [0.4, 0.5) is 0 Å². The van der Waals surface area contributed by atoms with Gasteiger partial charge in [-0.05, 0) is 35.6 Å². The summed E-state index contributed by atoms with van der Waals surface area (Å²) in [6.45, 7) is 2.73. The number of aryl methyl sites for hydroxylation is 1. The van der Waals surface area contributed by atoms with E-state index in [1.165, 1.54) is 21.6 Å². The summed E-state index contributed by atoms with van der Waals surface area (Å²) in [7, 11) is 0. The topological polar surface area (TPSA) is 29.5 Å². The molecule has 1 saturated heterocycles. The normalized spacial score (nSPS) is 20.2. The van der Waals surface area contributed by atoms with E-state index in [1.54, 1.807) is 11.8 Å². The van der Waals surface area contributed by atoms with Crippen LogP contribution in [0.3, 0.4) is 0 Å². The first-order chi connectivity index (χ1) is 10.8. The van der Waals surface area contributed by atoms with E-state index in [2.05, 4.69) is 30.4 Å². The molecule has 0 bridgehead atoms. The molecule has 4 rings (SSSR count). The molecule has 1 aliphatic carbocycles. The molecule has 1 fully saturated rings. The van der Waals surface area contributed by atoms with E-state index in [0.29, 0.717) is 26.3 Å². The third-order valence-corrected chi connectivity index (χ3v) is 5.66. The summed E-state index contributed by atoms with van der Waals surface area (Å²) in [5.41, 5.74) is 4.91. The van der Waals surface area contributed by atoms with Gasteiger partial charge in [0.2, 0.25) is 0 Å². The second kappa shape index (κ2) is 5.94. The number of carbonyl (C=O) groups is 1. The van der Waals surface area contributed by atoms with Gasteiger partial charge in [0, 0.05) is 29.3 Å². The van der Waals surface area contributed by atoms with Crippen molar-refractivity contribution in [2.24, 2.45) is 0 Å². The van der Waals surface area contributed by atoms with Gasteiger partial charge in [0.15, 0.2) is 0 Å². The lowest BCUT2D eigenvalue weighted by Gasteiger charge is -2.29. The number of carbonyl (C=O) groups excluding carboxylic acids is 1. The average molecular weight is 313 g/mol. The Morgan fingerprint density at radius 2 is 2.09 bits per heavy atom. The van der Waals surface area contributed by atoms with Crippen molar-refractivity contribution < 1.29 is 9.53 Å². The number of amides is 1. The second-order valence-electron chi connectivity index (χ2n) is 5.86. The monoisotopic (exact) mass is 313 g/mol. The van der Waals surface area contributed by atoms with Crippen LogP contribution in [0.1, 0.15) is 23.1 Å². The Hall–Kier alpha value is -1.52. The van der Waals surface area contributed by atoms with Crippen molar-refractivity contribution in [3.8, 4) is 0 Å². The molecule has 0 radical (unpaired) electrons. The molecule has 114 valence electrons. The number of fused-ring (bicyclic) bond motifs is 3. The summed E-state index contributed by atoms with van der Waals surface area (Å²) in [5, 5.41) is 0. The van der Waals surface area contributed by atoms with Crippen LogP contribution in [0.5, 0.6) is 0 Å². The first-order valence-electron chi connectivity index (χ1n) is 7.86. The largest absolute Gasteiger partial charge is 0.378 e. The molecule has 1 aromatic carbocycles. The standard InChI is InChI=1S/C18H19NO2S/c20-18(19-7-9-21-10-8-19)15-11-14-6-5-13-3-1-2-4-16(13)17(14)22-12-15/h2,4-6,11H,1,3,7-10,12H2. The lowest BCUT2D eigenvalue weighted by Crippen LogP contribution is -2.41. The number of rotatable bonds is 1. The van der Waals surface area contributed by atoms with E-state index in [0.717, 1.165) is 24.2 Å². The molecule has 3 aliphatic rings. The Morgan fingerprint density at radius 3 is 2.95 bits per heavy atom. The number of allylic oxidation sites excluding steroid dienone is 1. The minimum Gasteiger partial charge on any atom is -0.378 e. The second-order valence-corrected chi connectivity index (χ2v) is 6.85. The van der Waals surface area contributed by atoms with Gasteiger partial charge in [0.1, 0.15) is 0 Å². The van der Waals surface area contributed by atoms with Gasteiger partial charge in [-0.25, -0.2) is 0 Å². The van der Waals surface area contributed by atoms with E-state index in [1.807, 2.05) is 4.90 Å². The minimum absolute atomic E-state index is 0.176. The predicted octanol–water partition coefficient (Wildman–Crippen LogP) is 2.99. The lowest BCUT2D eigenvalue weighted by molar-refractivity contribution is -0.130. The van der Waals surface area contributed by atoms with Crippen LogP contribution in [0.15, 0.2) is 28.7 Å². The zero-order valence-electron chi connectivity index (χ0n) is 12.5. The number of hydrogen-bond donors (Lipinski definition) is 0. The Morgan fingerprint density at radius 1 is 1.23 bits per heavy atom. The fourth-order valence-electron chi connectivity index (χ4n) is 3.24. The van der Waals surface area contributed by atoms with E-state index in [-0.39, 0.29) is 5.91 Å². The number of morpholine rings is 1. The van der Waals surface area contributed by atoms with Gasteiger partial charge >= 0.3 is 0 Å². The van der Waals surface area contributed by atoms with Crippen LogP contribution < -0.4 is 0 Å². The molecule has 2 heterocycles. The molecular formula is C18H19NO2S. The molecule has 1 amide bonds. The maximum atomic E-state index is 12.6. The summed E-state index contributed by atoms with van der Waals surface area (Å²) < 4.78 is 5.33. The van der Waals surface area contributed by atoms with Crippen LogP contribution >= 0.6 is 11.8 Å². The van der Waals surface area contributed by atoms with Crippen molar-refractivity contribution in [1.29, 1.82) is 0 Å². The van der Waals surface area contributed by atoms with Gasteiger partial charge in [-0.1, -0.05) is 24.3 Å². The molecule has 0 saturated carbocycles. The smallest absolute Gasteiger partial charge is 0.250 e. The van der Waals surface area contributed by atoms with Gasteiger partial charge in [0.05, 0.1) is 13.2 Å². The van der Waals surface area contributed by atoms with Crippen LogP contribution in [-0.4, -0.2) is 42.9 Å². The van der Waals surface area contributed by atoms with Crippen LogP contribution in [0.2, 0.25) is 0 Å². The zero-order valence-corrected chi connectivity index (χ0v) is 13.3. The molecule has 4 heteroatoms. The third kappa shape index (κ3) is 2.50. The highest BCUT2D eigenvalue weighted by molar-refractivity contribution is 7.99. The average Bonchev–Trinajstić information content (AvgIpc) is 2.61. The predicted molar refractivity (Wildman–Crippen MR) is 89.9 cm³/mol. The quantitative estimate of drug-likeness (QED) is 0.798. The Balaban J connectivity index is 1.64. The van der Waals surface area contributed by atoms with E-state index in [4.69, 9.17) is 4.74 Å². The summed E-state index contributed by atoms with van der Waals surface area (Å²) in [4.78, 5) is 15.9. The van der Waals surface area contributed by atoms with Gasteiger partial charge in [0.25, 0.3) is 5.91 Å². The van der Waals surface area contributed by atoms with Gasteiger partial charge < -0.3 is 9.64 Å². The van der Waals surface area contributed by atoms with Gasteiger partial charge in [-0.15, -0.1) is 11.8 Å². The van der Waals surface area contributed by atoms with Crippen molar-refractivity contribution in [2.45, 2.75) is 17.7 Å². The molecule has 0 spiro atoms. The van der Waals surface area contributed by atoms with Crippen LogP contribution in [0.25, 0.3) is 12.2 Å². The molecule has 2 aliphatic heterocycles. The van der Waals surface area contributed by atoms with Gasteiger partial charge in [-0.2, -0.15) is 0 Å². The highest BCUT2D eigenvalue weighted by Crippen LogP contribution is 2.38. The fourth-order valence-corrected chi connectivity index (χ4v) is 4.40. The van der Waals surface area contributed by atoms with Crippen LogP contribution in [0, 0.1) is 0 Å². The Bertz CT molecular complexity index is 672. The number of thioether (sulfide) groups is 1. The van der Waals surface area contributed by atoms with Gasteiger partial charge in [-0.3, -0.25) is 4.79 Å². The van der Waals surface area contributed by atoms with Crippen molar-refractivity contribution in [1.82, 2.24) is 4.90 Å². The highest BCUT2D eigenvalue weighted by atomic mass is 32.2. The Kier molecular flexibility index (Phi) is 3.80. The van der Waals surface area contributed by atoms with E-state index >= 15 is 0 Å². The molecule has 1 aromatic rings. The van der Waals surface area contributed by atoms with Crippen molar-refractivity contribution >= 4 is 29.8 Å². The van der Waals surface area contributed by atoms with Crippen molar-refractivity contribution in [3.63, 3.8) is 0 Å². The van der Waals surface area contributed by atoms with Crippen molar-refractivity contribution in [2.75, 3.05) is 32.1 Å². The number of hydrogen-bond acceptors (Lipinski definition) is 3. The maximum Gasteiger partial charge on any atom is 0.250 e. The molecule has 3 nitrogen and oxygen atoms in total. The first kappa shape index (κ1) is 14.1. The highest BCUT2D eigenvalue weighted by Gasteiger charge is 2.25. The summed E-state index contributed by atoms with van der Waals surface area (Å²) in [6, 6.07) is 4.39. The number of ether oxygens (including phenoxy) is 1. The molecule has 22 heavy (non-hydrogen) atoms. The van der Waals surface area contributed by atoms with E-state index in [9.17, 15) is 4.79 Å². The lowest BCUT2D eigenvalue weighted by atomic mass is 9.94. The molecule has 0 N–H and O–H groups in total. The minimum atomic E-state index is 0.176. The fraction of sp³-hybridized carbons (Fsp3) is 0.389. The molecular weight excluding hydrogens is 294 g/mol. The number of nitrogens with zero attached hydrogens (tertiary/aromatic N) is 1. The molecule has 0 atom stereocenters. The van der Waals surface area contributed by atoms with Crippen molar-refractivity contribution in [3.05, 3.63) is 40.5 Å². The number of benzene rings is 1. The zero-order chi connectivity index (χ0) is 14.9. The summed E-state index contributed by atoms with van der Waals surface area (Å²) in [6.07, 6.45) is 8.84. The van der Waals surface area contributed by atoms with Crippen LogP contribution in [-0.2, 0) is 16.0 Å². The first-order valence-corrected chi connectivity index (χ1v) is 8.84. The summed E-state index contributed by atoms with van der Waals surface area (Å²) >= 11 is 1.81. The maximum absolute atomic E-state index is 12.6. The SMILES string of the molecule is O=C(C1=Cc2ccc3c(c2SC1)C=CCC3)N1CCOCC1. The van der Waals surface area contributed by atoms with E-state index < -0.39 is 0 Å². The molecule has 0 unspecified atom stereocenters. The summed E-state index contributed by atoms with van der Waals surface area (Å²) in [5.74, 6) is 0.947.